The van der Waals surface area contributed by atoms with Gasteiger partial charge in [-0.2, -0.15) is 0 Å². The second-order valence-corrected chi connectivity index (χ2v) is 5.14. The van der Waals surface area contributed by atoms with Crippen LogP contribution in [0.15, 0.2) is 36.4 Å². The molecule has 2 nitrogen and oxygen atoms in total. The van der Waals surface area contributed by atoms with Gasteiger partial charge in [-0.3, -0.25) is 0 Å². The van der Waals surface area contributed by atoms with Crippen LogP contribution in [0.2, 0.25) is 5.02 Å². The fourth-order valence-electron chi connectivity index (χ4n) is 2.26. The average molecular weight is 296 g/mol. The Morgan fingerprint density at radius 2 is 2.05 bits per heavy atom. The topological polar surface area (TPSA) is 21.3 Å². The number of fused-ring (bicyclic) bond motifs is 1. The maximum Gasteiger partial charge on any atom is 0.146 e. The Labute approximate surface area is 120 Å². The maximum absolute atomic E-state index is 13.5. The second kappa shape index (κ2) is 5.29. The lowest BCUT2D eigenvalue weighted by atomic mass is 10.1. The number of halogens is 3. The summed E-state index contributed by atoms with van der Waals surface area (Å²) >= 11 is 5.92. The van der Waals surface area contributed by atoms with Crippen LogP contribution in [0.1, 0.15) is 5.56 Å². The van der Waals surface area contributed by atoms with Crippen LogP contribution in [-0.4, -0.2) is 12.6 Å². The van der Waals surface area contributed by atoms with E-state index < -0.39 is 11.6 Å². The smallest absolute Gasteiger partial charge is 0.146 e. The third kappa shape index (κ3) is 2.70. The van der Waals surface area contributed by atoms with E-state index in [0.717, 1.165) is 29.5 Å². The fourth-order valence-corrected chi connectivity index (χ4v) is 2.45. The molecule has 2 aromatic rings. The number of hydrogen-bond acceptors (Lipinski definition) is 2. The van der Waals surface area contributed by atoms with E-state index in [0.29, 0.717) is 18.0 Å². The van der Waals surface area contributed by atoms with Gasteiger partial charge in [-0.25, -0.2) is 8.78 Å². The minimum Gasteiger partial charge on any atom is -0.488 e. The summed E-state index contributed by atoms with van der Waals surface area (Å²) in [6.07, 6.45) is 0.575. The van der Waals surface area contributed by atoms with Gasteiger partial charge >= 0.3 is 0 Å². The predicted octanol–water partition coefficient (Wildman–Crippen LogP) is 4.03. The molecule has 0 aliphatic carbocycles. The van der Waals surface area contributed by atoms with E-state index in [1.54, 1.807) is 6.07 Å². The highest BCUT2D eigenvalue weighted by molar-refractivity contribution is 6.30. The van der Waals surface area contributed by atoms with Crippen molar-refractivity contribution in [2.24, 2.45) is 0 Å². The number of ether oxygens (including phenoxy) is 1. The van der Waals surface area contributed by atoms with Crippen LogP contribution >= 0.6 is 11.6 Å². The highest BCUT2D eigenvalue weighted by Crippen LogP contribution is 2.31. The van der Waals surface area contributed by atoms with Gasteiger partial charge in [0.05, 0.1) is 12.2 Å². The second-order valence-electron chi connectivity index (χ2n) is 4.70. The Balaban J connectivity index is 1.65. The molecule has 1 unspecified atom stereocenters. The van der Waals surface area contributed by atoms with Crippen molar-refractivity contribution in [1.29, 1.82) is 0 Å². The third-order valence-corrected chi connectivity index (χ3v) is 3.45. The van der Waals surface area contributed by atoms with Crippen LogP contribution < -0.4 is 10.1 Å². The van der Waals surface area contributed by atoms with Crippen molar-refractivity contribution in [3.05, 3.63) is 58.6 Å². The number of hydrogen-bond donors (Lipinski definition) is 1. The van der Waals surface area contributed by atoms with Crippen molar-refractivity contribution in [3.63, 3.8) is 0 Å². The van der Waals surface area contributed by atoms with Gasteiger partial charge in [0.2, 0.25) is 0 Å². The lowest BCUT2D eigenvalue weighted by molar-refractivity contribution is 0.246. The number of benzene rings is 2. The molecule has 1 N–H and O–H groups in total. The van der Waals surface area contributed by atoms with E-state index >= 15 is 0 Å². The van der Waals surface area contributed by atoms with Gasteiger partial charge in [0, 0.05) is 11.4 Å². The Morgan fingerprint density at radius 1 is 1.20 bits per heavy atom. The van der Waals surface area contributed by atoms with E-state index in [9.17, 15) is 8.78 Å². The van der Waals surface area contributed by atoms with Gasteiger partial charge in [-0.05, 0) is 42.0 Å². The molecule has 0 amide bonds. The molecule has 0 fully saturated rings. The molecule has 1 aliphatic rings. The molecule has 1 heterocycles. The van der Waals surface area contributed by atoms with Crippen LogP contribution in [0.25, 0.3) is 0 Å². The first-order valence-electron chi connectivity index (χ1n) is 6.26. The molecular formula is C15H12ClF2NO. The van der Waals surface area contributed by atoms with Gasteiger partial charge in [0.15, 0.2) is 0 Å². The number of anilines is 1. The summed E-state index contributed by atoms with van der Waals surface area (Å²) in [6.45, 7) is 0.396. The van der Waals surface area contributed by atoms with Gasteiger partial charge in [0.25, 0.3) is 0 Å². The zero-order chi connectivity index (χ0) is 14.1. The zero-order valence-corrected chi connectivity index (χ0v) is 11.3. The largest absolute Gasteiger partial charge is 0.488 e. The quantitative estimate of drug-likeness (QED) is 0.923. The first-order chi connectivity index (χ1) is 9.61. The van der Waals surface area contributed by atoms with E-state index in [1.807, 2.05) is 12.1 Å². The minimum absolute atomic E-state index is 0.119. The van der Waals surface area contributed by atoms with E-state index in [1.165, 1.54) is 0 Å². The maximum atomic E-state index is 13.5. The Bertz CT molecular complexity index is 648. The lowest BCUT2D eigenvalue weighted by Gasteiger charge is -2.13. The van der Waals surface area contributed by atoms with Gasteiger partial charge in [-0.15, -0.1) is 0 Å². The molecule has 2 aromatic carbocycles. The van der Waals surface area contributed by atoms with E-state index in [2.05, 4.69) is 5.32 Å². The van der Waals surface area contributed by atoms with Crippen LogP contribution in [0.5, 0.6) is 5.75 Å². The van der Waals surface area contributed by atoms with Crippen molar-refractivity contribution in [2.75, 3.05) is 11.9 Å². The molecule has 0 spiro atoms. The molecular weight excluding hydrogens is 284 g/mol. The highest BCUT2D eigenvalue weighted by Gasteiger charge is 2.23. The molecule has 0 radical (unpaired) electrons. The van der Waals surface area contributed by atoms with Crippen LogP contribution in [-0.2, 0) is 6.42 Å². The summed E-state index contributed by atoms with van der Waals surface area (Å²) in [7, 11) is 0. The lowest BCUT2D eigenvalue weighted by Crippen LogP contribution is -2.24. The molecule has 3 rings (SSSR count). The third-order valence-electron chi connectivity index (χ3n) is 3.21. The van der Waals surface area contributed by atoms with E-state index in [4.69, 9.17) is 16.3 Å². The zero-order valence-electron chi connectivity index (χ0n) is 10.5. The summed E-state index contributed by atoms with van der Waals surface area (Å²) in [5.74, 6) is -0.165. The van der Waals surface area contributed by atoms with Gasteiger partial charge in [0.1, 0.15) is 23.5 Å². The molecule has 1 atom stereocenters. The Morgan fingerprint density at radius 3 is 2.90 bits per heavy atom. The van der Waals surface area contributed by atoms with Gasteiger partial charge in [-0.1, -0.05) is 11.6 Å². The summed E-state index contributed by atoms with van der Waals surface area (Å²) in [6, 6.07) is 8.77. The molecule has 1 aliphatic heterocycles. The number of rotatable bonds is 3. The summed E-state index contributed by atoms with van der Waals surface area (Å²) < 4.78 is 32.2. The number of nitrogens with one attached hydrogen (secondary N) is 1. The molecule has 0 bridgehead atoms. The van der Waals surface area contributed by atoms with Crippen molar-refractivity contribution < 1.29 is 13.5 Å². The molecule has 104 valence electrons. The average Bonchev–Trinajstić information content (AvgIpc) is 2.81. The van der Waals surface area contributed by atoms with Crippen LogP contribution in [0.4, 0.5) is 14.5 Å². The normalized spacial score (nSPS) is 16.6. The standard InChI is InChI=1S/C15H12ClF2NO/c16-10-1-4-15-9(5-10)6-12(20-15)8-19-14-7-11(17)2-3-13(14)18/h1-5,7,12,19H,6,8H2. The Hall–Kier alpha value is -1.81. The first-order valence-corrected chi connectivity index (χ1v) is 6.63. The fraction of sp³-hybridized carbons (Fsp3) is 0.200. The molecule has 20 heavy (non-hydrogen) atoms. The van der Waals surface area contributed by atoms with Crippen molar-refractivity contribution in [1.82, 2.24) is 0 Å². The minimum atomic E-state index is -0.482. The molecule has 0 saturated heterocycles. The first kappa shape index (κ1) is 13.2. The van der Waals surface area contributed by atoms with Crippen molar-refractivity contribution in [3.8, 4) is 5.75 Å². The van der Waals surface area contributed by atoms with Crippen LogP contribution in [0.3, 0.4) is 0 Å². The van der Waals surface area contributed by atoms with Crippen molar-refractivity contribution >= 4 is 17.3 Å². The molecule has 0 saturated carbocycles. The SMILES string of the molecule is Fc1ccc(F)c(NCC2Cc3cc(Cl)ccc3O2)c1. The highest BCUT2D eigenvalue weighted by atomic mass is 35.5. The van der Waals surface area contributed by atoms with Crippen molar-refractivity contribution in [2.45, 2.75) is 12.5 Å². The summed E-state index contributed by atoms with van der Waals surface area (Å²) in [5.41, 5.74) is 1.17. The van der Waals surface area contributed by atoms with Gasteiger partial charge < -0.3 is 10.1 Å². The molecule has 5 heteroatoms. The Kier molecular flexibility index (Phi) is 3.49. The monoisotopic (exact) mass is 295 g/mol. The molecule has 0 aromatic heterocycles. The predicted molar refractivity (Wildman–Crippen MR) is 74.4 cm³/mol. The summed E-state index contributed by atoms with van der Waals surface area (Å²) in [5, 5.41) is 3.54. The van der Waals surface area contributed by atoms with E-state index in [-0.39, 0.29) is 11.8 Å². The summed E-state index contributed by atoms with van der Waals surface area (Å²) in [4.78, 5) is 0. The van der Waals surface area contributed by atoms with Crippen LogP contribution in [0, 0.1) is 11.6 Å².